The first-order chi connectivity index (χ1) is 11.5. The van der Waals surface area contributed by atoms with Crippen molar-refractivity contribution < 1.29 is 4.79 Å². The lowest BCUT2D eigenvalue weighted by molar-refractivity contribution is 0.103. The van der Waals surface area contributed by atoms with Crippen LogP contribution in [-0.4, -0.2) is 10.8 Å². The molecule has 0 saturated heterocycles. The quantitative estimate of drug-likeness (QED) is 0.683. The number of ketones is 1. The summed E-state index contributed by atoms with van der Waals surface area (Å²) in [5.41, 5.74) is 9.01. The van der Waals surface area contributed by atoms with Crippen LogP contribution in [0, 0.1) is 6.92 Å². The first-order valence-corrected chi connectivity index (χ1v) is 7.81. The lowest BCUT2D eigenvalue weighted by Gasteiger charge is -2.10. The molecule has 3 rings (SSSR count). The third-order valence-electron chi connectivity index (χ3n) is 3.66. The SMILES string of the molecule is Cc1ccccc1C(=O)c1ccc(Nc2ccc(N)cn2)cc1Cl. The molecule has 24 heavy (non-hydrogen) atoms. The van der Waals surface area contributed by atoms with E-state index in [1.807, 2.05) is 25.1 Å². The van der Waals surface area contributed by atoms with Gasteiger partial charge in [0.25, 0.3) is 0 Å². The number of aryl methyl sites for hydroxylation is 1. The molecule has 0 atom stereocenters. The zero-order chi connectivity index (χ0) is 17.1. The molecule has 120 valence electrons. The number of pyridine rings is 1. The predicted octanol–water partition coefficient (Wildman–Crippen LogP) is 4.60. The van der Waals surface area contributed by atoms with Gasteiger partial charge in [-0.15, -0.1) is 0 Å². The predicted molar refractivity (Wildman–Crippen MR) is 98.0 cm³/mol. The number of carbonyl (C=O) groups is 1. The summed E-state index contributed by atoms with van der Waals surface area (Å²) in [6.45, 7) is 1.91. The molecule has 0 spiro atoms. The van der Waals surface area contributed by atoms with Crippen molar-refractivity contribution in [2.24, 2.45) is 0 Å². The molecule has 4 nitrogen and oxygen atoms in total. The van der Waals surface area contributed by atoms with E-state index in [0.29, 0.717) is 27.7 Å². The number of nitrogen functional groups attached to an aromatic ring is 1. The largest absolute Gasteiger partial charge is 0.397 e. The van der Waals surface area contributed by atoms with Gasteiger partial charge in [-0.25, -0.2) is 4.98 Å². The van der Waals surface area contributed by atoms with Crippen LogP contribution in [0.4, 0.5) is 17.2 Å². The van der Waals surface area contributed by atoms with Gasteiger partial charge in [0.15, 0.2) is 5.78 Å². The standard InChI is InChI=1S/C19H16ClN3O/c1-12-4-2-3-5-15(12)19(24)16-8-7-14(10-17(16)20)23-18-9-6-13(21)11-22-18/h2-11H,21H2,1H3,(H,22,23). The third kappa shape index (κ3) is 3.39. The highest BCUT2D eigenvalue weighted by Gasteiger charge is 2.15. The summed E-state index contributed by atoms with van der Waals surface area (Å²) >= 11 is 6.32. The van der Waals surface area contributed by atoms with Crippen molar-refractivity contribution in [1.82, 2.24) is 4.98 Å². The number of halogens is 1. The van der Waals surface area contributed by atoms with Gasteiger partial charge in [0.05, 0.1) is 16.9 Å². The Balaban J connectivity index is 1.86. The Bertz CT molecular complexity index is 891. The number of hydrogen-bond acceptors (Lipinski definition) is 4. The number of benzene rings is 2. The number of nitrogens with two attached hydrogens (primary N) is 1. The van der Waals surface area contributed by atoms with Crippen LogP contribution < -0.4 is 11.1 Å². The first kappa shape index (κ1) is 16.0. The van der Waals surface area contributed by atoms with Gasteiger partial charge in [0.1, 0.15) is 5.82 Å². The Morgan fingerprint density at radius 1 is 1.08 bits per heavy atom. The molecule has 0 aliphatic rings. The number of rotatable bonds is 4. The molecule has 3 aromatic rings. The monoisotopic (exact) mass is 337 g/mol. The Morgan fingerprint density at radius 3 is 2.54 bits per heavy atom. The van der Waals surface area contributed by atoms with Gasteiger partial charge in [-0.2, -0.15) is 0 Å². The summed E-state index contributed by atoms with van der Waals surface area (Å²) in [5, 5.41) is 3.52. The van der Waals surface area contributed by atoms with Crippen LogP contribution in [0.15, 0.2) is 60.8 Å². The van der Waals surface area contributed by atoms with Crippen molar-refractivity contribution in [3.8, 4) is 0 Å². The average molecular weight is 338 g/mol. The third-order valence-corrected chi connectivity index (χ3v) is 3.97. The molecule has 1 heterocycles. The zero-order valence-electron chi connectivity index (χ0n) is 13.1. The first-order valence-electron chi connectivity index (χ1n) is 7.43. The molecule has 2 aromatic carbocycles. The topological polar surface area (TPSA) is 68.0 Å². The molecule has 0 radical (unpaired) electrons. The molecule has 0 saturated carbocycles. The Hall–Kier alpha value is -2.85. The molecule has 0 aliphatic heterocycles. The molecule has 0 fully saturated rings. The van der Waals surface area contributed by atoms with Crippen molar-refractivity contribution >= 4 is 34.6 Å². The number of anilines is 3. The molecule has 0 bridgehead atoms. The van der Waals surface area contributed by atoms with Gasteiger partial charge < -0.3 is 11.1 Å². The zero-order valence-corrected chi connectivity index (χ0v) is 13.8. The minimum atomic E-state index is -0.0877. The number of nitrogens with one attached hydrogen (secondary N) is 1. The van der Waals surface area contributed by atoms with Gasteiger partial charge >= 0.3 is 0 Å². The van der Waals surface area contributed by atoms with Crippen molar-refractivity contribution in [3.63, 3.8) is 0 Å². The van der Waals surface area contributed by atoms with E-state index in [1.165, 1.54) is 0 Å². The number of aromatic nitrogens is 1. The lowest BCUT2D eigenvalue weighted by Crippen LogP contribution is -2.05. The van der Waals surface area contributed by atoms with Crippen molar-refractivity contribution in [2.75, 3.05) is 11.1 Å². The fraction of sp³-hybridized carbons (Fsp3) is 0.0526. The highest BCUT2D eigenvalue weighted by atomic mass is 35.5. The fourth-order valence-corrected chi connectivity index (χ4v) is 2.64. The molecule has 0 amide bonds. The second-order valence-electron chi connectivity index (χ2n) is 5.44. The molecule has 0 unspecified atom stereocenters. The summed E-state index contributed by atoms with van der Waals surface area (Å²) in [6, 6.07) is 16.2. The van der Waals surface area contributed by atoms with Crippen molar-refractivity contribution in [2.45, 2.75) is 6.92 Å². The minimum Gasteiger partial charge on any atom is -0.397 e. The van der Waals surface area contributed by atoms with Gasteiger partial charge in [-0.1, -0.05) is 35.9 Å². The van der Waals surface area contributed by atoms with E-state index in [-0.39, 0.29) is 5.78 Å². The summed E-state index contributed by atoms with van der Waals surface area (Å²) in [6.07, 6.45) is 1.57. The molecule has 1 aromatic heterocycles. The van der Waals surface area contributed by atoms with Crippen molar-refractivity contribution in [1.29, 1.82) is 0 Å². The van der Waals surface area contributed by atoms with E-state index < -0.39 is 0 Å². The Kier molecular flexibility index (Phi) is 4.49. The van der Waals surface area contributed by atoms with Crippen LogP contribution in [0.3, 0.4) is 0 Å². The van der Waals surface area contributed by atoms with Crippen LogP contribution >= 0.6 is 11.6 Å². The highest BCUT2D eigenvalue weighted by molar-refractivity contribution is 6.35. The van der Waals surface area contributed by atoms with Crippen molar-refractivity contribution in [3.05, 3.63) is 82.5 Å². The van der Waals surface area contributed by atoms with E-state index in [1.54, 1.807) is 42.6 Å². The average Bonchev–Trinajstić information content (AvgIpc) is 2.57. The van der Waals surface area contributed by atoms with E-state index >= 15 is 0 Å². The second kappa shape index (κ2) is 6.72. The van der Waals surface area contributed by atoms with Crippen LogP contribution in [0.25, 0.3) is 0 Å². The number of nitrogens with zero attached hydrogens (tertiary/aromatic N) is 1. The normalized spacial score (nSPS) is 10.4. The Labute approximate surface area is 145 Å². The van der Waals surface area contributed by atoms with E-state index in [9.17, 15) is 4.79 Å². The van der Waals surface area contributed by atoms with Crippen LogP contribution in [0.5, 0.6) is 0 Å². The maximum absolute atomic E-state index is 12.7. The summed E-state index contributed by atoms with van der Waals surface area (Å²) in [7, 11) is 0. The molecular formula is C19H16ClN3O. The number of hydrogen-bond donors (Lipinski definition) is 2. The van der Waals surface area contributed by atoms with Gasteiger partial charge in [-0.05, 0) is 42.8 Å². The minimum absolute atomic E-state index is 0.0877. The summed E-state index contributed by atoms with van der Waals surface area (Å²) in [5.74, 6) is 0.563. The van der Waals surface area contributed by atoms with E-state index in [2.05, 4.69) is 10.3 Å². The summed E-state index contributed by atoms with van der Waals surface area (Å²) in [4.78, 5) is 16.8. The van der Waals surface area contributed by atoms with Gasteiger partial charge in [0, 0.05) is 16.8 Å². The smallest absolute Gasteiger partial charge is 0.194 e. The molecule has 3 N–H and O–H groups in total. The second-order valence-corrected chi connectivity index (χ2v) is 5.85. The van der Waals surface area contributed by atoms with Gasteiger partial charge in [0.2, 0.25) is 0 Å². The fourth-order valence-electron chi connectivity index (χ4n) is 2.38. The molecule has 0 aliphatic carbocycles. The van der Waals surface area contributed by atoms with Crippen LogP contribution in [0.2, 0.25) is 5.02 Å². The van der Waals surface area contributed by atoms with Gasteiger partial charge in [-0.3, -0.25) is 4.79 Å². The van der Waals surface area contributed by atoms with Crippen LogP contribution in [-0.2, 0) is 0 Å². The van der Waals surface area contributed by atoms with Crippen LogP contribution in [0.1, 0.15) is 21.5 Å². The van der Waals surface area contributed by atoms with E-state index in [0.717, 1.165) is 11.3 Å². The Morgan fingerprint density at radius 2 is 1.88 bits per heavy atom. The molecule has 5 heteroatoms. The maximum atomic E-state index is 12.7. The number of carbonyl (C=O) groups excluding carboxylic acids is 1. The highest BCUT2D eigenvalue weighted by Crippen LogP contribution is 2.26. The lowest BCUT2D eigenvalue weighted by atomic mass is 9.99. The molecular weight excluding hydrogens is 322 g/mol. The maximum Gasteiger partial charge on any atom is 0.194 e. The summed E-state index contributed by atoms with van der Waals surface area (Å²) < 4.78 is 0. The van der Waals surface area contributed by atoms with E-state index in [4.69, 9.17) is 17.3 Å².